The Bertz CT molecular complexity index is 646. The Morgan fingerprint density at radius 2 is 2.14 bits per heavy atom. The maximum Gasteiger partial charge on any atom is 0.308 e. The van der Waals surface area contributed by atoms with Gasteiger partial charge in [0.25, 0.3) is 0 Å². The first kappa shape index (κ1) is 14.9. The lowest BCUT2D eigenvalue weighted by molar-refractivity contribution is -0.141. The number of hydrogen-bond acceptors (Lipinski definition) is 6. The zero-order valence-electron chi connectivity index (χ0n) is 12.3. The first-order valence-electron chi connectivity index (χ1n) is 7.39. The predicted octanol–water partition coefficient (Wildman–Crippen LogP) is 2.19. The van der Waals surface area contributed by atoms with Gasteiger partial charge < -0.3 is 10.0 Å². The average Bonchev–Trinajstić information content (AvgIpc) is 3.15. The van der Waals surface area contributed by atoms with Crippen LogP contribution in [0.1, 0.15) is 29.8 Å². The van der Waals surface area contributed by atoms with Crippen LogP contribution in [0.3, 0.4) is 0 Å². The van der Waals surface area contributed by atoms with Crippen molar-refractivity contribution < 1.29 is 9.90 Å². The number of nitrogens with zero attached hydrogens (tertiary/aromatic N) is 4. The van der Waals surface area contributed by atoms with Gasteiger partial charge in [-0.05, 0) is 24.1 Å². The lowest BCUT2D eigenvalue weighted by atomic mass is 9.90. The molecule has 6 nitrogen and oxygen atoms in total. The monoisotopic (exact) mass is 318 g/mol. The molecular formula is C15H18N4O2S. The highest BCUT2D eigenvalue weighted by atomic mass is 32.1. The van der Waals surface area contributed by atoms with Gasteiger partial charge in [0.15, 0.2) is 0 Å². The van der Waals surface area contributed by atoms with Crippen LogP contribution in [-0.2, 0) is 11.2 Å². The van der Waals surface area contributed by atoms with E-state index in [0.717, 1.165) is 28.5 Å². The number of rotatable bonds is 5. The molecule has 1 aliphatic rings. The summed E-state index contributed by atoms with van der Waals surface area (Å²) in [5.41, 5.74) is 1.02. The van der Waals surface area contributed by atoms with E-state index in [1.54, 1.807) is 23.7 Å². The summed E-state index contributed by atoms with van der Waals surface area (Å²) in [5, 5.41) is 19.8. The Morgan fingerprint density at radius 1 is 1.36 bits per heavy atom. The predicted molar refractivity (Wildman–Crippen MR) is 84.2 cm³/mol. The Labute approximate surface area is 132 Å². The maximum absolute atomic E-state index is 11.6. The summed E-state index contributed by atoms with van der Waals surface area (Å²) in [5.74, 6) is -1.23. The van der Waals surface area contributed by atoms with Gasteiger partial charge in [0.1, 0.15) is 5.01 Å². The number of carboxylic acid groups (broad SMARTS) is 1. The smallest absolute Gasteiger partial charge is 0.308 e. The highest BCUT2D eigenvalue weighted by molar-refractivity contribution is 7.15. The molecule has 3 heterocycles. The normalized spacial score (nSPS) is 21.2. The van der Waals surface area contributed by atoms with E-state index in [2.05, 4.69) is 22.1 Å². The second kappa shape index (κ2) is 6.39. The summed E-state index contributed by atoms with van der Waals surface area (Å²) in [7, 11) is 0. The third-order valence-electron chi connectivity index (χ3n) is 3.96. The van der Waals surface area contributed by atoms with Crippen molar-refractivity contribution in [2.75, 3.05) is 18.0 Å². The van der Waals surface area contributed by atoms with Gasteiger partial charge in [0.2, 0.25) is 5.13 Å². The molecular weight excluding hydrogens is 300 g/mol. The van der Waals surface area contributed by atoms with Gasteiger partial charge in [-0.15, -0.1) is 10.2 Å². The lowest BCUT2D eigenvalue weighted by Gasteiger charge is -2.14. The van der Waals surface area contributed by atoms with Crippen molar-refractivity contribution in [2.24, 2.45) is 5.92 Å². The highest BCUT2D eigenvalue weighted by Crippen LogP contribution is 2.36. The molecule has 0 unspecified atom stereocenters. The summed E-state index contributed by atoms with van der Waals surface area (Å²) in [6.45, 7) is 3.24. The van der Waals surface area contributed by atoms with Crippen LogP contribution in [-0.4, -0.2) is 39.3 Å². The number of hydrogen-bond donors (Lipinski definition) is 1. The first-order chi connectivity index (χ1) is 10.7. The summed E-state index contributed by atoms with van der Waals surface area (Å²) < 4.78 is 0. The molecule has 0 saturated carbocycles. The highest BCUT2D eigenvalue weighted by Gasteiger charge is 2.39. The molecule has 0 aliphatic carbocycles. The largest absolute Gasteiger partial charge is 0.481 e. The second-order valence-corrected chi connectivity index (χ2v) is 6.51. The van der Waals surface area contributed by atoms with E-state index in [1.807, 2.05) is 17.0 Å². The molecule has 2 atom stereocenters. The number of anilines is 1. The Hall–Kier alpha value is -2.02. The molecule has 116 valence electrons. The number of pyridine rings is 1. The molecule has 2 aromatic heterocycles. The molecule has 3 rings (SSSR count). The van der Waals surface area contributed by atoms with Gasteiger partial charge in [-0.1, -0.05) is 18.3 Å². The number of carbonyl (C=O) groups is 1. The van der Waals surface area contributed by atoms with Crippen LogP contribution < -0.4 is 4.90 Å². The SMILES string of the molecule is CCCc1nnc(N2C[C@@H](C(=O)O)[C@H](c3ccncc3)C2)s1. The van der Waals surface area contributed by atoms with Gasteiger partial charge in [0.05, 0.1) is 5.92 Å². The zero-order chi connectivity index (χ0) is 15.5. The number of aryl methyl sites for hydroxylation is 1. The molecule has 1 fully saturated rings. The van der Waals surface area contributed by atoms with Gasteiger partial charge in [0, 0.05) is 37.8 Å². The molecule has 0 radical (unpaired) electrons. The van der Waals surface area contributed by atoms with Crippen molar-refractivity contribution in [1.82, 2.24) is 15.2 Å². The Kier molecular flexibility index (Phi) is 4.33. The fourth-order valence-corrected chi connectivity index (χ4v) is 3.80. The summed E-state index contributed by atoms with van der Waals surface area (Å²) in [6, 6.07) is 3.79. The molecule has 1 saturated heterocycles. The zero-order valence-corrected chi connectivity index (χ0v) is 13.2. The average molecular weight is 318 g/mol. The fourth-order valence-electron chi connectivity index (χ4n) is 2.85. The minimum atomic E-state index is -0.761. The third kappa shape index (κ3) is 2.94. The minimum absolute atomic E-state index is 0.0426. The van der Waals surface area contributed by atoms with Crippen molar-refractivity contribution in [3.05, 3.63) is 35.1 Å². The molecule has 0 amide bonds. The minimum Gasteiger partial charge on any atom is -0.481 e. The van der Waals surface area contributed by atoms with E-state index >= 15 is 0 Å². The van der Waals surface area contributed by atoms with Crippen LogP contribution in [0.25, 0.3) is 0 Å². The van der Waals surface area contributed by atoms with E-state index < -0.39 is 11.9 Å². The third-order valence-corrected chi connectivity index (χ3v) is 5.01. The van der Waals surface area contributed by atoms with Gasteiger partial charge >= 0.3 is 5.97 Å². The van der Waals surface area contributed by atoms with Gasteiger partial charge in [-0.3, -0.25) is 9.78 Å². The lowest BCUT2D eigenvalue weighted by Crippen LogP contribution is -2.23. The van der Waals surface area contributed by atoms with Crippen molar-refractivity contribution in [3.8, 4) is 0 Å². The fraction of sp³-hybridized carbons (Fsp3) is 0.467. The van der Waals surface area contributed by atoms with Crippen LogP contribution in [0.4, 0.5) is 5.13 Å². The number of aliphatic carboxylic acids is 1. The van der Waals surface area contributed by atoms with Crippen LogP contribution in [0.5, 0.6) is 0 Å². The summed E-state index contributed by atoms with van der Waals surface area (Å²) >= 11 is 1.56. The molecule has 1 aliphatic heterocycles. The molecule has 2 aromatic rings. The van der Waals surface area contributed by atoms with E-state index in [4.69, 9.17) is 0 Å². The van der Waals surface area contributed by atoms with E-state index in [1.165, 1.54) is 0 Å². The van der Waals surface area contributed by atoms with Crippen molar-refractivity contribution in [1.29, 1.82) is 0 Å². The summed E-state index contributed by atoms with van der Waals surface area (Å²) in [6.07, 6.45) is 5.37. The van der Waals surface area contributed by atoms with Crippen LogP contribution in [0.15, 0.2) is 24.5 Å². The van der Waals surface area contributed by atoms with E-state index in [9.17, 15) is 9.90 Å². The topological polar surface area (TPSA) is 79.2 Å². The van der Waals surface area contributed by atoms with Crippen molar-refractivity contribution in [2.45, 2.75) is 25.7 Å². The van der Waals surface area contributed by atoms with Gasteiger partial charge in [-0.25, -0.2) is 0 Å². The Balaban J connectivity index is 1.82. The Morgan fingerprint density at radius 3 is 2.82 bits per heavy atom. The summed E-state index contributed by atoms with van der Waals surface area (Å²) in [4.78, 5) is 17.6. The van der Waals surface area contributed by atoms with Gasteiger partial charge in [-0.2, -0.15) is 0 Å². The number of carboxylic acids is 1. The molecule has 22 heavy (non-hydrogen) atoms. The maximum atomic E-state index is 11.6. The van der Waals surface area contributed by atoms with Crippen LogP contribution >= 0.6 is 11.3 Å². The first-order valence-corrected chi connectivity index (χ1v) is 8.20. The molecule has 0 spiro atoms. The molecule has 0 aromatic carbocycles. The quantitative estimate of drug-likeness (QED) is 0.910. The molecule has 0 bridgehead atoms. The molecule has 1 N–H and O–H groups in total. The van der Waals surface area contributed by atoms with Crippen molar-refractivity contribution >= 4 is 22.4 Å². The second-order valence-electron chi connectivity index (χ2n) is 5.47. The molecule has 7 heteroatoms. The standard InChI is InChI=1S/C15H18N4O2S/c1-2-3-13-17-18-15(22-13)19-8-11(12(9-19)14(20)21)10-4-6-16-7-5-10/h4-7,11-12H,2-3,8-9H2,1H3,(H,20,21)/t11-,12+/m0/s1. The van der Waals surface area contributed by atoms with Crippen LogP contribution in [0.2, 0.25) is 0 Å². The number of aromatic nitrogens is 3. The van der Waals surface area contributed by atoms with Crippen molar-refractivity contribution in [3.63, 3.8) is 0 Å². The van der Waals surface area contributed by atoms with E-state index in [0.29, 0.717) is 13.1 Å². The van der Waals surface area contributed by atoms with Crippen LogP contribution in [0, 0.1) is 5.92 Å². The van der Waals surface area contributed by atoms with E-state index in [-0.39, 0.29) is 5.92 Å².